The van der Waals surface area contributed by atoms with Crippen molar-refractivity contribution >= 4 is 49.9 Å². The van der Waals surface area contributed by atoms with Crippen molar-refractivity contribution < 1.29 is 18.3 Å². The van der Waals surface area contributed by atoms with Crippen LogP contribution >= 0.6 is 28.5 Å². The molecule has 10 heteroatoms. The van der Waals surface area contributed by atoms with Gasteiger partial charge in [-0.25, -0.2) is 13.4 Å². The summed E-state index contributed by atoms with van der Waals surface area (Å²) in [5, 5.41) is 9.22. The van der Waals surface area contributed by atoms with Gasteiger partial charge in [-0.1, -0.05) is 0 Å². The first-order valence-corrected chi connectivity index (χ1v) is 8.38. The molecule has 0 amide bonds. The zero-order chi connectivity index (χ0) is 14.8. The molecule has 0 aliphatic carbocycles. The number of sulfone groups is 1. The maximum Gasteiger partial charge on any atom is 0.305 e. The second kappa shape index (κ2) is 7.14. The number of carboxylic acids is 1. The Hall–Kier alpha value is -1.26. The van der Waals surface area contributed by atoms with E-state index in [1.165, 1.54) is 6.33 Å². The van der Waals surface area contributed by atoms with Gasteiger partial charge in [0.25, 0.3) is 0 Å². The van der Waals surface area contributed by atoms with Crippen LogP contribution in [-0.2, 0) is 14.6 Å². The van der Waals surface area contributed by atoms with Gasteiger partial charge in [-0.3, -0.25) is 4.79 Å². The Morgan fingerprint density at radius 2 is 2.24 bits per heavy atom. The number of hydrogen-bond donors (Lipinski definition) is 1. The maximum atomic E-state index is 11.9. The summed E-state index contributed by atoms with van der Waals surface area (Å²) < 4.78 is 27.7. The molecule has 7 nitrogen and oxygen atoms in total. The van der Waals surface area contributed by atoms with Crippen LogP contribution in [0.3, 0.4) is 0 Å². The minimum Gasteiger partial charge on any atom is -0.481 e. The van der Waals surface area contributed by atoms with Crippen LogP contribution in [-0.4, -0.2) is 53.1 Å². The first-order chi connectivity index (χ1) is 9.38. The van der Waals surface area contributed by atoms with Gasteiger partial charge in [-0.05, 0) is 17.6 Å². The topological polar surface area (TPSA) is 100 Å². The highest BCUT2D eigenvalue weighted by molar-refractivity contribution is 8.93. The summed E-state index contributed by atoms with van der Waals surface area (Å²) in [7, 11) is -3.39. The Bertz CT molecular complexity index is 668. The third kappa shape index (κ3) is 4.61. The minimum atomic E-state index is -3.39. The number of allylic oxidation sites excluding steroid dienone is 2. The van der Waals surface area contributed by atoms with Gasteiger partial charge in [0.2, 0.25) is 0 Å². The van der Waals surface area contributed by atoms with Crippen LogP contribution in [0.1, 0.15) is 11.4 Å². The van der Waals surface area contributed by atoms with E-state index in [1.54, 1.807) is 17.2 Å². The minimum absolute atomic E-state index is 0. The van der Waals surface area contributed by atoms with E-state index < -0.39 is 15.8 Å². The largest absolute Gasteiger partial charge is 0.481 e. The van der Waals surface area contributed by atoms with Crippen LogP contribution in [0.2, 0.25) is 0 Å². The summed E-state index contributed by atoms with van der Waals surface area (Å²) in [6, 6.07) is 0. The van der Waals surface area contributed by atoms with Crippen LogP contribution < -0.4 is 0 Å². The van der Waals surface area contributed by atoms with Crippen LogP contribution in [0.15, 0.2) is 23.5 Å². The van der Waals surface area contributed by atoms with Gasteiger partial charge >= 0.3 is 5.97 Å². The molecule has 1 aliphatic rings. The molecule has 1 aromatic rings. The highest BCUT2D eigenvalue weighted by atomic mass is 79.9. The Morgan fingerprint density at radius 3 is 2.76 bits per heavy atom. The molecule has 0 unspecified atom stereocenters. The van der Waals surface area contributed by atoms with Crippen LogP contribution in [0.25, 0.3) is 5.57 Å². The van der Waals surface area contributed by atoms with Crippen LogP contribution in [0, 0.1) is 0 Å². The van der Waals surface area contributed by atoms with Crippen LogP contribution in [0.4, 0.5) is 0 Å². The number of carbonyl (C=O) groups is 1. The van der Waals surface area contributed by atoms with Crippen molar-refractivity contribution in [1.29, 1.82) is 0 Å². The number of carboxylic acid groups (broad SMARTS) is 1. The fourth-order valence-electron chi connectivity index (χ4n) is 1.79. The zero-order valence-corrected chi connectivity index (χ0v) is 14.4. The summed E-state index contributed by atoms with van der Waals surface area (Å²) in [4.78, 5) is 16.5. The predicted octanol–water partition coefficient (Wildman–Crippen LogP) is 1.18. The van der Waals surface area contributed by atoms with E-state index in [4.69, 9.17) is 5.11 Å². The van der Waals surface area contributed by atoms with Crippen molar-refractivity contribution in [3.8, 4) is 0 Å². The lowest BCUT2D eigenvalue weighted by atomic mass is 10.2. The van der Waals surface area contributed by atoms with Gasteiger partial charge < -0.3 is 10.0 Å². The number of rotatable bonds is 5. The molecule has 0 aromatic carbocycles. The Labute approximate surface area is 136 Å². The van der Waals surface area contributed by atoms with Gasteiger partial charge in [0.1, 0.15) is 11.3 Å². The third-order valence-corrected chi connectivity index (χ3v) is 4.69. The SMILES string of the molecule is Br.CS(=O)(=O)C1=C(c2ncns2)C=CN(CCC(=O)O)C1. The number of aliphatic carboxylic acids is 1. The van der Waals surface area contributed by atoms with Gasteiger partial charge in [-0.2, -0.15) is 4.37 Å². The van der Waals surface area contributed by atoms with E-state index >= 15 is 0 Å². The van der Waals surface area contributed by atoms with E-state index in [0.717, 1.165) is 17.8 Å². The molecule has 116 valence electrons. The molecule has 0 fully saturated rings. The zero-order valence-electron chi connectivity index (χ0n) is 11.1. The molecule has 0 atom stereocenters. The molecule has 0 bridgehead atoms. The monoisotopic (exact) mass is 395 g/mol. The highest BCUT2D eigenvalue weighted by Crippen LogP contribution is 2.28. The second-order valence-corrected chi connectivity index (χ2v) is 7.10. The molecule has 21 heavy (non-hydrogen) atoms. The van der Waals surface area contributed by atoms with E-state index in [-0.39, 0.29) is 41.4 Å². The number of halogens is 1. The lowest BCUT2D eigenvalue weighted by Gasteiger charge is -2.25. The Balaban J connectivity index is 0.00000220. The van der Waals surface area contributed by atoms with Gasteiger partial charge in [0.05, 0.1) is 17.9 Å². The molecular formula is C11H14BrN3O4S2. The van der Waals surface area contributed by atoms with Gasteiger partial charge in [0.15, 0.2) is 9.84 Å². The predicted molar refractivity (Wildman–Crippen MR) is 85.0 cm³/mol. The first-order valence-electron chi connectivity index (χ1n) is 5.72. The summed E-state index contributed by atoms with van der Waals surface area (Å²) in [5.41, 5.74) is 0.529. The van der Waals surface area contributed by atoms with Crippen molar-refractivity contribution in [2.75, 3.05) is 19.3 Å². The molecule has 0 saturated heterocycles. The Kier molecular flexibility index (Phi) is 6.05. The lowest BCUT2D eigenvalue weighted by molar-refractivity contribution is -0.137. The van der Waals surface area contributed by atoms with E-state index in [1.807, 2.05) is 0 Å². The number of hydrogen-bond acceptors (Lipinski definition) is 7. The third-order valence-electron chi connectivity index (χ3n) is 2.75. The van der Waals surface area contributed by atoms with Crippen molar-refractivity contribution in [2.45, 2.75) is 6.42 Å². The lowest BCUT2D eigenvalue weighted by Crippen LogP contribution is -2.28. The average molecular weight is 396 g/mol. The number of nitrogens with zero attached hydrogens (tertiary/aromatic N) is 3. The standard InChI is InChI=1S/C11H13N3O4S2.BrH/c1-20(17,18)9-6-14(5-3-10(15)16)4-2-8(9)11-12-7-13-19-11;/h2,4,7H,3,5-6H2,1H3,(H,15,16);1H. The molecule has 2 heterocycles. The normalized spacial score (nSPS) is 15.0. The number of aromatic nitrogens is 2. The Morgan fingerprint density at radius 1 is 1.52 bits per heavy atom. The fraction of sp³-hybridized carbons (Fsp3) is 0.364. The van der Waals surface area contributed by atoms with Crippen molar-refractivity contribution in [2.24, 2.45) is 0 Å². The maximum absolute atomic E-state index is 11.9. The molecule has 1 aliphatic heterocycles. The molecule has 0 saturated carbocycles. The molecule has 0 spiro atoms. The van der Waals surface area contributed by atoms with E-state index in [2.05, 4.69) is 9.36 Å². The van der Waals surface area contributed by atoms with E-state index in [9.17, 15) is 13.2 Å². The second-order valence-electron chi connectivity index (χ2n) is 4.29. The highest BCUT2D eigenvalue weighted by Gasteiger charge is 2.24. The summed E-state index contributed by atoms with van der Waals surface area (Å²) in [6.45, 7) is 0.409. The molecule has 1 N–H and O–H groups in total. The molecule has 0 radical (unpaired) electrons. The summed E-state index contributed by atoms with van der Waals surface area (Å²) in [5.74, 6) is -0.918. The fourth-order valence-corrected chi connectivity index (χ4v) is 3.39. The van der Waals surface area contributed by atoms with Crippen LogP contribution in [0.5, 0.6) is 0 Å². The average Bonchev–Trinajstić information content (AvgIpc) is 2.88. The smallest absolute Gasteiger partial charge is 0.305 e. The molecule has 1 aromatic heterocycles. The summed E-state index contributed by atoms with van der Waals surface area (Å²) in [6.07, 6.45) is 5.79. The summed E-state index contributed by atoms with van der Waals surface area (Å²) >= 11 is 1.12. The van der Waals surface area contributed by atoms with Crippen molar-refractivity contribution in [1.82, 2.24) is 14.3 Å². The molecule has 2 rings (SSSR count). The van der Waals surface area contributed by atoms with Crippen molar-refractivity contribution in [3.63, 3.8) is 0 Å². The van der Waals surface area contributed by atoms with E-state index in [0.29, 0.717) is 10.6 Å². The van der Waals surface area contributed by atoms with Gasteiger partial charge in [-0.15, -0.1) is 17.0 Å². The van der Waals surface area contributed by atoms with Crippen molar-refractivity contribution in [3.05, 3.63) is 28.5 Å². The molecular weight excluding hydrogens is 382 g/mol. The quantitative estimate of drug-likeness (QED) is 0.798. The first kappa shape index (κ1) is 17.8. The van der Waals surface area contributed by atoms with Gasteiger partial charge in [0, 0.05) is 24.6 Å².